The second kappa shape index (κ2) is 3.92. The van der Waals surface area contributed by atoms with Crippen LogP contribution in [0.15, 0.2) is 12.5 Å². The third-order valence-electron chi connectivity index (χ3n) is 2.42. The van der Waals surface area contributed by atoms with Gasteiger partial charge in [0.15, 0.2) is 5.82 Å². The lowest BCUT2D eigenvalue weighted by atomic mass is 10.0. The van der Waals surface area contributed by atoms with Gasteiger partial charge in [0.2, 0.25) is 5.88 Å². The van der Waals surface area contributed by atoms with E-state index in [9.17, 15) is 5.11 Å². The molecule has 0 aliphatic heterocycles. The number of nitrogens with zero attached hydrogens (tertiary/aromatic N) is 3. The first-order valence-corrected chi connectivity index (χ1v) is 5.16. The standard InChI is InChI=1S/C11H14N4O/c1-6(2)9-7(3)14-10(15-11(9)16)8-4-12-5-13-8/h4-6H,1-3H3,(H,12,13)(H,14,15,16). The average Bonchev–Trinajstić information content (AvgIpc) is 2.67. The van der Waals surface area contributed by atoms with Crippen molar-refractivity contribution in [2.75, 3.05) is 0 Å². The molecule has 16 heavy (non-hydrogen) atoms. The van der Waals surface area contributed by atoms with Crippen LogP contribution < -0.4 is 0 Å². The van der Waals surface area contributed by atoms with Crippen LogP contribution in [0, 0.1) is 6.92 Å². The van der Waals surface area contributed by atoms with Crippen molar-refractivity contribution in [3.8, 4) is 17.4 Å². The summed E-state index contributed by atoms with van der Waals surface area (Å²) >= 11 is 0. The van der Waals surface area contributed by atoms with Gasteiger partial charge in [0, 0.05) is 17.5 Å². The van der Waals surface area contributed by atoms with E-state index in [1.807, 2.05) is 20.8 Å². The summed E-state index contributed by atoms with van der Waals surface area (Å²) in [5.41, 5.74) is 2.22. The fraction of sp³-hybridized carbons (Fsp3) is 0.364. The zero-order chi connectivity index (χ0) is 11.7. The Bertz CT molecular complexity index is 468. The molecule has 2 aromatic rings. The number of H-pyrrole nitrogens is 1. The van der Waals surface area contributed by atoms with Gasteiger partial charge in [-0.25, -0.2) is 9.97 Å². The van der Waals surface area contributed by atoms with Gasteiger partial charge in [0.1, 0.15) is 5.69 Å². The number of aromatic amines is 1. The number of rotatable bonds is 2. The highest BCUT2D eigenvalue weighted by Gasteiger charge is 2.15. The van der Waals surface area contributed by atoms with E-state index in [2.05, 4.69) is 19.9 Å². The van der Waals surface area contributed by atoms with E-state index in [1.54, 1.807) is 12.5 Å². The first kappa shape index (κ1) is 10.6. The van der Waals surface area contributed by atoms with E-state index in [0.29, 0.717) is 11.5 Å². The second-order valence-electron chi connectivity index (χ2n) is 3.98. The first-order valence-electron chi connectivity index (χ1n) is 5.16. The molecule has 0 saturated carbocycles. The van der Waals surface area contributed by atoms with Crippen molar-refractivity contribution in [2.24, 2.45) is 0 Å². The van der Waals surface area contributed by atoms with Crippen molar-refractivity contribution < 1.29 is 5.11 Å². The SMILES string of the molecule is Cc1nc(-c2c[nH]cn2)nc(O)c1C(C)C. The Balaban J connectivity index is 2.53. The number of aryl methyl sites for hydroxylation is 1. The van der Waals surface area contributed by atoms with E-state index in [-0.39, 0.29) is 11.8 Å². The quantitative estimate of drug-likeness (QED) is 0.808. The van der Waals surface area contributed by atoms with Crippen LogP contribution in [0.5, 0.6) is 5.88 Å². The van der Waals surface area contributed by atoms with Crippen LogP contribution in [0.1, 0.15) is 31.0 Å². The van der Waals surface area contributed by atoms with E-state index >= 15 is 0 Å². The predicted molar refractivity (Wildman–Crippen MR) is 60.1 cm³/mol. The molecular weight excluding hydrogens is 204 g/mol. The lowest BCUT2D eigenvalue weighted by molar-refractivity contribution is 0.440. The van der Waals surface area contributed by atoms with Gasteiger partial charge < -0.3 is 10.1 Å². The molecule has 2 N–H and O–H groups in total. The van der Waals surface area contributed by atoms with Crippen molar-refractivity contribution in [3.05, 3.63) is 23.8 Å². The van der Waals surface area contributed by atoms with E-state index in [4.69, 9.17) is 0 Å². The zero-order valence-corrected chi connectivity index (χ0v) is 9.52. The summed E-state index contributed by atoms with van der Waals surface area (Å²) in [5.74, 6) is 0.689. The topological polar surface area (TPSA) is 74.7 Å². The maximum atomic E-state index is 9.85. The van der Waals surface area contributed by atoms with Gasteiger partial charge in [0.25, 0.3) is 0 Å². The van der Waals surface area contributed by atoms with Gasteiger partial charge in [-0.2, -0.15) is 4.98 Å². The minimum absolute atomic E-state index is 0.0421. The Labute approximate surface area is 93.6 Å². The number of hydrogen-bond donors (Lipinski definition) is 2. The van der Waals surface area contributed by atoms with Gasteiger partial charge in [0.05, 0.1) is 6.33 Å². The van der Waals surface area contributed by atoms with Crippen molar-refractivity contribution in [1.29, 1.82) is 0 Å². The molecule has 2 heterocycles. The normalized spacial score (nSPS) is 11.0. The van der Waals surface area contributed by atoms with Crippen molar-refractivity contribution in [3.63, 3.8) is 0 Å². The average molecular weight is 218 g/mol. The molecule has 84 valence electrons. The number of hydrogen-bond acceptors (Lipinski definition) is 4. The van der Waals surface area contributed by atoms with Crippen molar-refractivity contribution >= 4 is 0 Å². The molecular formula is C11H14N4O. The van der Waals surface area contributed by atoms with Gasteiger partial charge in [-0.15, -0.1) is 0 Å². The summed E-state index contributed by atoms with van der Waals surface area (Å²) in [6.45, 7) is 5.87. The molecule has 0 bridgehead atoms. The zero-order valence-electron chi connectivity index (χ0n) is 9.52. The Morgan fingerprint density at radius 2 is 2.06 bits per heavy atom. The molecule has 2 rings (SSSR count). The van der Waals surface area contributed by atoms with Crippen LogP contribution in [-0.2, 0) is 0 Å². The molecule has 0 radical (unpaired) electrons. The minimum Gasteiger partial charge on any atom is -0.493 e. The Morgan fingerprint density at radius 1 is 1.31 bits per heavy atom. The fourth-order valence-electron chi connectivity index (χ4n) is 1.74. The molecule has 5 nitrogen and oxygen atoms in total. The number of aromatic hydroxyl groups is 1. The summed E-state index contributed by atoms with van der Waals surface area (Å²) in [6, 6.07) is 0. The molecule has 2 aromatic heterocycles. The smallest absolute Gasteiger partial charge is 0.218 e. The molecule has 5 heteroatoms. The third kappa shape index (κ3) is 1.76. The maximum Gasteiger partial charge on any atom is 0.218 e. The van der Waals surface area contributed by atoms with E-state index < -0.39 is 0 Å². The summed E-state index contributed by atoms with van der Waals surface area (Å²) in [4.78, 5) is 15.3. The Morgan fingerprint density at radius 3 is 2.56 bits per heavy atom. The highest BCUT2D eigenvalue weighted by Crippen LogP contribution is 2.27. The van der Waals surface area contributed by atoms with Gasteiger partial charge in [-0.05, 0) is 12.8 Å². The monoisotopic (exact) mass is 218 g/mol. The fourth-order valence-corrected chi connectivity index (χ4v) is 1.74. The molecule has 0 aliphatic rings. The molecule has 0 atom stereocenters. The minimum atomic E-state index is 0.0421. The highest BCUT2D eigenvalue weighted by molar-refractivity contribution is 5.50. The number of nitrogens with one attached hydrogen (secondary N) is 1. The molecule has 0 aliphatic carbocycles. The van der Waals surface area contributed by atoms with Crippen LogP contribution in [-0.4, -0.2) is 25.0 Å². The molecule has 0 amide bonds. The largest absolute Gasteiger partial charge is 0.493 e. The van der Waals surface area contributed by atoms with Gasteiger partial charge >= 0.3 is 0 Å². The Kier molecular flexibility index (Phi) is 2.60. The highest BCUT2D eigenvalue weighted by atomic mass is 16.3. The molecule has 0 spiro atoms. The van der Waals surface area contributed by atoms with Gasteiger partial charge in [-0.1, -0.05) is 13.8 Å². The van der Waals surface area contributed by atoms with Crippen molar-refractivity contribution in [2.45, 2.75) is 26.7 Å². The first-order chi connectivity index (χ1) is 7.59. The lowest BCUT2D eigenvalue weighted by Crippen LogP contribution is -2.01. The summed E-state index contributed by atoms with van der Waals surface area (Å²) in [6.07, 6.45) is 3.25. The van der Waals surface area contributed by atoms with Crippen LogP contribution >= 0.6 is 0 Å². The summed E-state index contributed by atoms with van der Waals surface area (Å²) in [7, 11) is 0. The molecule has 0 aromatic carbocycles. The molecule has 0 saturated heterocycles. The lowest BCUT2D eigenvalue weighted by Gasteiger charge is -2.11. The number of aromatic nitrogens is 4. The van der Waals surface area contributed by atoms with Crippen LogP contribution in [0.25, 0.3) is 11.5 Å². The van der Waals surface area contributed by atoms with Crippen LogP contribution in [0.4, 0.5) is 0 Å². The Hall–Kier alpha value is -1.91. The second-order valence-corrected chi connectivity index (χ2v) is 3.98. The van der Waals surface area contributed by atoms with E-state index in [1.165, 1.54) is 0 Å². The van der Waals surface area contributed by atoms with E-state index in [0.717, 1.165) is 11.3 Å². The van der Waals surface area contributed by atoms with Crippen LogP contribution in [0.3, 0.4) is 0 Å². The predicted octanol–water partition coefficient (Wildman–Crippen LogP) is 2.00. The van der Waals surface area contributed by atoms with Crippen molar-refractivity contribution in [1.82, 2.24) is 19.9 Å². The van der Waals surface area contributed by atoms with Crippen LogP contribution in [0.2, 0.25) is 0 Å². The molecule has 0 unspecified atom stereocenters. The van der Waals surface area contributed by atoms with Gasteiger partial charge in [-0.3, -0.25) is 0 Å². The summed E-state index contributed by atoms with van der Waals surface area (Å²) in [5, 5.41) is 9.85. The number of imidazole rings is 1. The maximum absolute atomic E-state index is 9.85. The summed E-state index contributed by atoms with van der Waals surface area (Å²) < 4.78 is 0. The third-order valence-corrected chi connectivity index (χ3v) is 2.42. The molecule has 0 fully saturated rings.